The van der Waals surface area contributed by atoms with Crippen LogP contribution < -0.4 is 0 Å². The minimum atomic E-state index is -0.932. The van der Waals surface area contributed by atoms with Crippen LogP contribution in [0.2, 0.25) is 0 Å². The number of carbonyl (C=O) groups excluding carboxylic acids is 2. The van der Waals surface area contributed by atoms with Gasteiger partial charge in [0.1, 0.15) is 6.04 Å². The van der Waals surface area contributed by atoms with Crippen LogP contribution in [0.3, 0.4) is 0 Å². The SMILES string of the molecule is CC1CCN(C(=O)C2CC(=O)N(C3CC3)C2)C(C(=O)O)C1. The molecule has 3 rings (SSSR count). The molecule has 2 amide bonds. The molecule has 2 heterocycles. The van der Waals surface area contributed by atoms with Crippen molar-refractivity contribution in [1.29, 1.82) is 0 Å². The molecule has 1 saturated carbocycles. The first-order valence-corrected chi connectivity index (χ1v) is 7.80. The highest BCUT2D eigenvalue weighted by Gasteiger charge is 2.45. The van der Waals surface area contributed by atoms with Crippen LogP contribution in [0.25, 0.3) is 0 Å². The minimum Gasteiger partial charge on any atom is -0.480 e. The van der Waals surface area contributed by atoms with Crippen molar-refractivity contribution in [2.75, 3.05) is 13.1 Å². The molecule has 0 aromatic carbocycles. The quantitative estimate of drug-likeness (QED) is 0.831. The zero-order valence-corrected chi connectivity index (χ0v) is 12.3. The molecule has 6 heteroatoms. The zero-order chi connectivity index (χ0) is 15.1. The molecule has 0 radical (unpaired) electrons. The molecule has 6 nitrogen and oxygen atoms in total. The van der Waals surface area contributed by atoms with Gasteiger partial charge in [0.15, 0.2) is 0 Å². The van der Waals surface area contributed by atoms with E-state index in [4.69, 9.17) is 0 Å². The Hall–Kier alpha value is -1.59. The molecular formula is C15H22N2O4. The summed E-state index contributed by atoms with van der Waals surface area (Å²) >= 11 is 0. The molecule has 2 saturated heterocycles. The molecule has 3 atom stereocenters. The van der Waals surface area contributed by atoms with Crippen molar-refractivity contribution in [2.24, 2.45) is 11.8 Å². The molecule has 0 aromatic rings. The standard InChI is InChI=1S/C15H22N2O4/c1-9-4-5-16(12(6-9)15(20)21)14(19)10-7-13(18)17(8-10)11-2-3-11/h9-12H,2-8H2,1H3,(H,20,21). The third kappa shape index (κ3) is 2.76. The van der Waals surface area contributed by atoms with Gasteiger partial charge in [-0.25, -0.2) is 4.79 Å². The van der Waals surface area contributed by atoms with Crippen molar-refractivity contribution in [3.05, 3.63) is 0 Å². The van der Waals surface area contributed by atoms with Gasteiger partial charge in [-0.1, -0.05) is 6.92 Å². The van der Waals surface area contributed by atoms with Crippen molar-refractivity contribution < 1.29 is 19.5 Å². The van der Waals surface area contributed by atoms with Crippen LogP contribution in [0.1, 0.15) is 39.0 Å². The van der Waals surface area contributed by atoms with Gasteiger partial charge < -0.3 is 14.9 Å². The number of carboxylic acids is 1. The maximum absolute atomic E-state index is 12.6. The summed E-state index contributed by atoms with van der Waals surface area (Å²) < 4.78 is 0. The molecular weight excluding hydrogens is 272 g/mol. The average Bonchev–Trinajstić information content (AvgIpc) is 3.21. The molecule has 1 aliphatic carbocycles. The molecule has 0 spiro atoms. The number of amides is 2. The fourth-order valence-electron chi connectivity index (χ4n) is 3.51. The van der Waals surface area contributed by atoms with E-state index >= 15 is 0 Å². The van der Waals surface area contributed by atoms with Gasteiger partial charge in [-0.15, -0.1) is 0 Å². The van der Waals surface area contributed by atoms with Gasteiger partial charge in [0.05, 0.1) is 5.92 Å². The summed E-state index contributed by atoms with van der Waals surface area (Å²) in [6, 6.07) is -0.404. The fraction of sp³-hybridized carbons (Fsp3) is 0.800. The van der Waals surface area contributed by atoms with Crippen molar-refractivity contribution in [3.63, 3.8) is 0 Å². The molecule has 0 bridgehead atoms. The monoisotopic (exact) mass is 294 g/mol. The van der Waals surface area contributed by atoms with Crippen molar-refractivity contribution in [3.8, 4) is 0 Å². The van der Waals surface area contributed by atoms with Crippen LogP contribution in [-0.4, -0.2) is 57.9 Å². The van der Waals surface area contributed by atoms with Gasteiger partial charge in [-0.3, -0.25) is 9.59 Å². The molecule has 2 aliphatic heterocycles. The number of carboxylic acid groups (broad SMARTS) is 1. The van der Waals surface area contributed by atoms with E-state index in [1.54, 1.807) is 0 Å². The van der Waals surface area contributed by atoms with E-state index in [9.17, 15) is 19.5 Å². The molecule has 3 fully saturated rings. The van der Waals surface area contributed by atoms with Crippen LogP contribution in [0.4, 0.5) is 0 Å². The molecule has 0 aromatic heterocycles. The van der Waals surface area contributed by atoms with E-state index in [0.29, 0.717) is 31.5 Å². The second-order valence-electron chi connectivity index (χ2n) is 6.69. The highest BCUT2D eigenvalue weighted by Crippen LogP contribution is 2.34. The maximum Gasteiger partial charge on any atom is 0.326 e. The van der Waals surface area contributed by atoms with Gasteiger partial charge in [-0.05, 0) is 31.6 Å². The lowest BCUT2D eigenvalue weighted by molar-refractivity contribution is -0.154. The van der Waals surface area contributed by atoms with Crippen LogP contribution in [0.5, 0.6) is 0 Å². The second-order valence-corrected chi connectivity index (χ2v) is 6.69. The Balaban J connectivity index is 1.69. The van der Waals surface area contributed by atoms with Gasteiger partial charge in [-0.2, -0.15) is 0 Å². The normalized spacial score (nSPS) is 33.4. The molecule has 1 N–H and O–H groups in total. The van der Waals surface area contributed by atoms with Crippen molar-refractivity contribution in [1.82, 2.24) is 9.80 Å². The van der Waals surface area contributed by atoms with E-state index in [0.717, 1.165) is 19.3 Å². The number of nitrogens with zero attached hydrogens (tertiary/aromatic N) is 2. The Morgan fingerprint density at radius 3 is 2.57 bits per heavy atom. The Morgan fingerprint density at radius 2 is 1.95 bits per heavy atom. The number of rotatable bonds is 3. The number of hydrogen-bond donors (Lipinski definition) is 1. The van der Waals surface area contributed by atoms with E-state index in [1.807, 2.05) is 11.8 Å². The number of carbonyl (C=O) groups is 3. The number of hydrogen-bond acceptors (Lipinski definition) is 3. The topological polar surface area (TPSA) is 77.9 Å². The first kappa shape index (κ1) is 14.4. The average molecular weight is 294 g/mol. The molecule has 3 aliphatic rings. The van der Waals surface area contributed by atoms with Gasteiger partial charge in [0.2, 0.25) is 11.8 Å². The van der Waals surface area contributed by atoms with Crippen LogP contribution in [-0.2, 0) is 14.4 Å². The van der Waals surface area contributed by atoms with Crippen LogP contribution >= 0.6 is 0 Å². The largest absolute Gasteiger partial charge is 0.480 e. The lowest BCUT2D eigenvalue weighted by Gasteiger charge is -2.37. The number of aliphatic carboxylic acids is 1. The summed E-state index contributed by atoms with van der Waals surface area (Å²) in [4.78, 5) is 39.3. The smallest absolute Gasteiger partial charge is 0.326 e. The van der Waals surface area contributed by atoms with Gasteiger partial charge >= 0.3 is 5.97 Å². The van der Waals surface area contributed by atoms with Crippen LogP contribution in [0, 0.1) is 11.8 Å². The first-order chi connectivity index (χ1) is 9.97. The van der Waals surface area contributed by atoms with Gasteiger partial charge in [0, 0.05) is 25.6 Å². The van der Waals surface area contributed by atoms with Crippen molar-refractivity contribution >= 4 is 17.8 Å². The first-order valence-electron chi connectivity index (χ1n) is 7.80. The highest BCUT2D eigenvalue weighted by atomic mass is 16.4. The van der Waals surface area contributed by atoms with E-state index in [2.05, 4.69) is 0 Å². The summed E-state index contributed by atoms with van der Waals surface area (Å²) in [5.74, 6) is -1.06. The third-order valence-corrected chi connectivity index (χ3v) is 4.93. The number of likely N-dealkylation sites (tertiary alicyclic amines) is 2. The predicted molar refractivity (Wildman–Crippen MR) is 74.4 cm³/mol. The predicted octanol–water partition coefficient (Wildman–Crippen LogP) is 0.709. The van der Waals surface area contributed by atoms with E-state index in [-0.39, 0.29) is 24.2 Å². The summed E-state index contributed by atoms with van der Waals surface area (Å²) in [7, 11) is 0. The highest BCUT2D eigenvalue weighted by molar-refractivity contribution is 5.91. The van der Waals surface area contributed by atoms with E-state index in [1.165, 1.54) is 4.90 Å². The lowest BCUT2D eigenvalue weighted by Crippen LogP contribution is -2.52. The lowest BCUT2D eigenvalue weighted by atomic mass is 9.91. The molecule has 116 valence electrons. The van der Waals surface area contributed by atoms with E-state index < -0.39 is 12.0 Å². The summed E-state index contributed by atoms with van der Waals surface area (Å²) in [5, 5.41) is 9.35. The van der Waals surface area contributed by atoms with Gasteiger partial charge in [0.25, 0.3) is 0 Å². The maximum atomic E-state index is 12.6. The number of piperidine rings is 1. The third-order valence-electron chi connectivity index (χ3n) is 4.93. The summed E-state index contributed by atoms with van der Waals surface area (Å²) in [5.41, 5.74) is 0. The van der Waals surface area contributed by atoms with Crippen LogP contribution in [0.15, 0.2) is 0 Å². The Morgan fingerprint density at radius 1 is 1.24 bits per heavy atom. The fourth-order valence-corrected chi connectivity index (χ4v) is 3.51. The molecule has 21 heavy (non-hydrogen) atoms. The minimum absolute atomic E-state index is 0.0492. The Labute approximate surface area is 124 Å². The Bertz CT molecular complexity index is 474. The Kier molecular flexibility index (Phi) is 3.63. The summed E-state index contributed by atoms with van der Waals surface area (Å²) in [6.45, 7) is 2.98. The molecule has 3 unspecified atom stereocenters. The van der Waals surface area contributed by atoms with Crippen molar-refractivity contribution in [2.45, 2.75) is 51.1 Å². The zero-order valence-electron chi connectivity index (χ0n) is 12.3. The second kappa shape index (κ2) is 5.31. The summed E-state index contributed by atoms with van der Waals surface area (Å²) in [6.07, 6.45) is 3.65.